The first-order valence-electron chi connectivity index (χ1n) is 6.01. The molecule has 1 unspecified atom stereocenters. The Morgan fingerprint density at radius 3 is 2.67 bits per heavy atom. The lowest BCUT2D eigenvalue weighted by Gasteiger charge is -2.18. The lowest BCUT2D eigenvalue weighted by molar-refractivity contribution is 0.00985. The maximum absolute atomic E-state index is 11.8. The molecular weight excluding hydrogens is 296 g/mol. The zero-order valence-corrected chi connectivity index (χ0v) is 12.1. The molecule has 18 heavy (non-hydrogen) atoms. The summed E-state index contributed by atoms with van der Waals surface area (Å²) in [5.74, 6) is -0.296. The lowest BCUT2D eigenvalue weighted by atomic mass is 9.91. The summed E-state index contributed by atoms with van der Waals surface area (Å²) in [6.07, 6.45) is 0.849. The van der Waals surface area contributed by atoms with Crippen LogP contribution < -0.4 is 0 Å². The van der Waals surface area contributed by atoms with Gasteiger partial charge in [-0.15, -0.1) is 0 Å². The summed E-state index contributed by atoms with van der Waals surface area (Å²) in [5, 5.41) is 0.0189. The number of benzene rings is 1. The van der Waals surface area contributed by atoms with Gasteiger partial charge in [0.05, 0.1) is 11.7 Å². The molecule has 1 aromatic rings. The van der Waals surface area contributed by atoms with Gasteiger partial charge in [-0.1, -0.05) is 48.0 Å². The van der Waals surface area contributed by atoms with Crippen LogP contribution in [0.1, 0.15) is 30.6 Å². The van der Waals surface area contributed by atoms with Crippen LogP contribution in [-0.2, 0) is 9.47 Å². The van der Waals surface area contributed by atoms with E-state index >= 15 is 0 Å². The minimum atomic E-state index is -0.296. The molecule has 0 saturated carbocycles. The Morgan fingerprint density at radius 1 is 1.44 bits per heavy atom. The van der Waals surface area contributed by atoms with Crippen molar-refractivity contribution in [2.75, 3.05) is 6.61 Å². The Labute approximate surface area is 116 Å². The molecule has 1 aliphatic heterocycles. The normalized spacial score (nSPS) is 25.9. The minimum Gasteiger partial charge on any atom is -0.459 e. The molecule has 0 amide bonds. The van der Waals surface area contributed by atoms with Crippen LogP contribution in [0.25, 0.3) is 0 Å². The van der Waals surface area contributed by atoms with Crippen LogP contribution in [0.2, 0.25) is 0 Å². The average molecular weight is 313 g/mol. The fourth-order valence-electron chi connectivity index (χ4n) is 2.01. The number of esters is 1. The van der Waals surface area contributed by atoms with E-state index in [4.69, 9.17) is 9.47 Å². The minimum absolute atomic E-state index is 0.0189. The first-order chi connectivity index (χ1) is 8.49. The number of carbonyl (C=O) groups is 1. The van der Waals surface area contributed by atoms with Gasteiger partial charge >= 0.3 is 5.97 Å². The van der Waals surface area contributed by atoms with Crippen LogP contribution in [0.3, 0.4) is 0 Å². The van der Waals surface area contributed by atoms with E-state index in [0.29, 0.717) is 12.2 Å². The highest BCUT2D eigenvalue weighted by Crippen LogP contribution is 2.40. The number of hydrogen-bond donors (Lipinski definition) is 0. The van der Waals surface area contributed by atoms with Crippen LogP contribution in [0.15, 0.2) is 30.3 Å². The Kier molecular flexibility index (Phi) is 4.07. The van der Waals surface area contributed by atoms with Crippen LogP contribution in [0.4, 0.5) is 0 Å². The standard InChI is InChI=1S/C14H17BrO3/c1-14(2)8-11(18-13(14)15)9-17-12(16)10-6-4-3-5-7-10/h3-7,11,13H,8-9H2,1-2H3/t11-,13?/m0/s1. The molecule has 1 aliphatic rings. The number of alkyl halides is 1. The summed E-state index contributed by atoms with van der Waals surface area (Å²) in [4.78, 5) is 11.8. The Morgan fingerprint density at radius 2 is 2.11 bits per heavy atom. The van der Waals surface area contributed by atoms with Crippen LogP contribution in [0.5, 0.6) is 0 Å². The summed E-state index contributed by atoms with van der Waals surface area (Å²) >= 11 is 3.49. The van der Waals surface area contributed by atoms with Gasteiger partial charge in [-0.3, -0.25) is 0 Å². The SMILES string of the molecule is CC1(C)C[C@@H](COC(=O)c2ccccc2)OC1Br. The van der Waals surface area contributed by atoms with Crippen molar-refractivity contribution in [1.82, 2.24) is 0 Å². The van der Waals surface area contributed by atoms with Gasteiger partial charge in [-0.05, 0) is 18.6 Å². The van der Waals surface area contributed by atoms with Crippen molar-refractivity contribution in [3.05, 3.63) is 35.9 Å². The topological polar surface area (TPSA) is 35.5 Å². The quantitative estimate of drug-likeness (QED) is 0.634. The van der Waals surface area contributed by atoms with E-state index in [0.717, 1.165) is 6.42 Å². The fraction of sp³-hybridized carbons (Fsp3) is 0.500. The first-order valence-corrected chi connectivity index (χ1v) is 6.92. The molecule has 2 atom stereocenters. The third-order valence-electron chi connectivity index (χ3n) is 3.09. The van der Waals surface area contributed by atoms with Crippen molar-refractivity contribution in [1.29, 1.82) is 0 Å². The molecule has 0 aromatic heterocycles. The number of rotatable bonds is 3. The van der Waals surface area contributed by atoms with Crippen molar-refractivity contribution in [3.8, 4) is 0 Å². The predicted molar refractivity (Wildman–Crippen MR) is 72.7 cm³/mol. The molecule has 0 spiro atoms. The molecule has 1 heterocycles. The number of carbonyl (C=O) groups excluding carboxylic acids is 1. The van der Waals surface area contributed by atoms with Crippen molar-refractivity contribution >= 4 is 21.9 Å². The Balaban J connectivity index is 1.85. The molecule has 1 aromatic carbocycles. The molecule has 0 aliphatic carbocycles. The van der Waals surface area contributed by atoms with E-state index in [2.05, 4.69) is 29.8 Å². The second-order valence-corrected chi connectivity index (χ2v) is 6.06. The van der Waals surface area contributed by atoms with E-state index in [1.54, 1.807) is 12.1 Å². The largest absolute Gasteiger partial charge is 0.459 e. The Bertz CT molecular complexity index is 416. The third kappa shape index (κ3) is 3.12. The van der Waals surface area contributed by atoms with Crippen LogP contribution in [-0.4, -0.2) is 23.7 Å². The summed E-state index contributed by atoms with van der Waals surface area (Å²) < 4.78 is 11.0. The smallest absolute Gasteiger partial charge is 0.338 e. The third-order valence-corrected chi connectivity index (χ3v) is 4.55. The van der Waals surface area contributed by atoms with Gasteiger partial charge in [0.1, 0.15) is 11.6 Å². The second-order valence-electron chi connectivity index (χ2n) is 5.23. The molecule has 0 N–H and O–H groups in total. The Hall–Kier alpha value is -0.870. The molecule has 0 bridgehead atoms. The van der Waals surface area contributed by atoms with Gasteiger partial charge in [0, 0.05) is 5.41 Å². The van der Waals surface area contributed by atoms with E-state index < -0.39 is 0 Å². The van der Waals surface area contributed by atoms with Crippen molar-refractivity contribution in [2.45, 2.75) is 31.4 Å². The van der Waals surface area contributed by atoms with Gasteiger partial charge in [0.2, 0.25) is 0 Å². The van der Waals surface area contributed by atoms with Gasteiger partial charge in [0.15, 0.2) is 0 Å². The molecule has 0 radical (unpaired) electrons. The zero-order valence-electron chi connectivity index (χ0n) is 10.6. The van der Waals surface area contributed by atoms with Gasteiger partial charge in [-0.25, -0.2) is 4.79 Å². The number of hydrogen-bond acceptors (Lipinski definition) is 3. The summed E-state index contributed by atoms with van der Waals surface area (Å²) in [6.45, 7) is 4.57. The first kappa shape index (κ1) is 13.6. The highest BCUT2D eigenvalue weighted by molar-refractivity contribution is 9.09. The van der Waals surface area contributed by atoms with Crippen molar-refractivity contribution < 1.29 is 14.3 Å². The zero-order chi connectivity index (χ0) is 13.2. The van der Waals surface area contributed by atoms with E-state index in [-0.39, 0.29) is 22.5 Å². The predicted octanol–water partition coefficient (Wildman–Crippen LogP) is 3.38. The number of halogens is 1. The molecule has 3 nitrogen and oxygen atoms in total. The molecular formula is C14H17BrO3. The van der Waals surface area contributed by atoms with Crippen molar-refractivity contribution in [3.63, 3.8) is 0 Å². The van der Waals surface area contributed by atoms with E-state index in [1.165, 1.54) is 0 Å². The molecule has 1 fully saturated rings. The maximum Gasteiger partial charge on any atom is 0.338 e. The van der Waals surface area contributed by atoms with E-state index in [9.17, 15) is 4.79 Å². The molecule has 4 heteroatoms. The van der Waals surface area contributed by atoms with Crippen LogP contribution in [0, 0.1) is 5.41 Å². The summed E-state index contributed by atoms with van der Waals surface area (Å²) in [7, 11) is 0. The average Bonchev–Trinajstić information content (AvgIpc) is 2.61. The number of ether oxygens (including phenoxy) is 2. The lowest BCUT2D eigenvalue weighted by Crippen LogP contribution is -2.18. The highest BCUT2D eigenvalue weighted by atomic mass is 79.9. The fourth-order valence-corrected chi connectivity index (χ4v) is 2.50. The maximum atomic E-state index is 11.8. The van der Waals surface area contributed by atoms with Crippen molar-refractivity contribution in [2.24, 2.45) is 5.41 Å². The highest BCUT2D eigenvalue weighted by Gasteiger charge is 2.40. The summed E-state index contributed by atoms with van der Waals surface area (Å²) in [6, 6.07) is 9.00. The molecule has 1 saturated heterocycles. The van der Waals surface area contributed by atoms with Gasteiger partial charge < -0.3 is 9.47 Å². The van der Waals surface area contributed by atoms with Gasteiger partial charge in [-0.2, -0.15) is 0 Å². The van der Waals surface area contributed by atoms with E-state index in [1.807, 2.05) is 18.2 Å². The molecule has 98 valence electrons. The van der Waals surface area contributed by atoms with Crippen LogP contribution >= 0.6 is 15.9 Å². The monoisotopic (exact) mass is 312 g/mol. The summed E-state index contributed by atoms with van der Waals surface area (Å²) in [5.41, 5.74) is 0.647. The second kappa shape index (κ2) is 5.41. The molecule has 2 rings (SSSR count). The van der Waals surface area contributed by atoms with Gasteiger partial charge in [0.25, 0.3) is 0 Å².